The number of aliphatic hydroxyl groups is 1. The standard InChI is InChI=1S/C6H12INO3/c1-3(2)4(9)5(11-7)6(8)10/h3-5,9H,1-2H3,(H2,8,10). The number of nitrogens with two attached hydrogens (primary N) is 1. The molecule has 11 heavy (non-hydrogen) atoms. The first kappa shape index (κ1) is 11.1. The molecule has 0 heterocycles. The van der Waals surface area contributed by atoms with Crippen molar-refractivity contribution in [2.24, 2.45) is 11.7 Å². The van der Waals surface area contributed by atoms with E-state index in [9.17, 15) is 9.90 Å². The summed E-state index contributed by atoms with van der Waals surface area (Å²) in [4.78, 5) is 10.6. The first-order valence-corrected chi connectivity index (χ1v) is 4.13. The number of primary amides is 1. The lowest BCUT2D eigenvalue weighted by Crippen LogP contribution is -2.41. The second kappa shape index (κ2) is 4.89. The lowest BCUT2D eigenvalue weighted by molar-refractivity contribution is -0.129. The molecule has 1 amide bonds. The molecule has 0 rings (SSSR count). The van der Waals surface area contributed by atoms with Crippen molar-refractivity contribution in [2.45, 2.75) is 26.1 Å². The average molecular weight is 273 g/mol. The smallest absolute Gasteiger partial charge is 0.250 e. The third kappa shape index (κ3) is 3.35. The summed E-state index contributed by atoms with van der Waals surface area (Å²) in [5.74, 6) is -0.678. The Bertz CT molecular complexity index is 140. The van der Waals surface area contributed by atoms with E-state index in [2.05, 4.69) is 3.07 Å². The molecule has 3 N–H and O–H groups in total. The van der Waals surface area contributed by atoms with Gasteiger partial charge < -0.3 is 10.8 Å². The van der Waals surface area contributed by atoms with E-state index in [1.165, 1.54) is 0 Å². The van der Waals surface area contributed by atoms with Gasteiger partial charge >= 0.3 is 0 Å². The van der Waals surface area contributed by atoms with Gasteiger partial charge in [-0.3, -0.25) is 7.86 Å². The van der Waals surface area contributed by atoms with Crippen LogP contribution in [0.3, 0.4) is 0 Å². The van der Waals surface area contributed by atoms with Crippen molar-refractivity contribution in [3.05, 3.63) is 0 Å². The zero-order chi connectivity index (χ0) is 9.02. The van der Waals surface area contributed by atoms with Crippen LogP contribution in [0, 0.1) is 5.92 Å². The van der Waals surface area contributed by atoms with Crippen molar-refractivity contribution in [3.63, 3.8) is 0 Å². The van der Waals surface area contributed by atoms with Gasteiger partial charge in [-0.2, -0.15) is 0 Å². The summed E-state index contributed by atoms with van der Waals surface area (Å²) in [6.45, 7) is 3.58. The lowest BCUT2D eigenvalue weighted by atomic mass is 10.0. The van der Waals surface area contributed by atoms with Crippen LogP contribution in [0.25, 0.3) is 0 Å². The molecule has 5 heteroatoms. The van der Waals surface area contributed by atoms with Crippen molar-refractivity contribution in [1.29, 1.82) is 0 Å². The molecular weight excluding hydrogens is 261 g/mol. The molecule has 0 fully saturated rings. The Balaban J connectivity index is 4.14. The van der Waals surface area contributed by atoms with Gasteiger partial charge in [0.15, 0.2) is 6.10 Å². The Labute approximate surface area is 79.8 Å². The molecule has 2 unspecified atom stereocenters. The third-order valence-electron chi connectivity index (χ3n) is 1.37. The predicted molar refractivity (Wildman–Crippen MR) is 48.9 cm³/mol. The van der Waals surface area contributed by atoms with Crippen molar-refractivity contribution in [2.75, 3.05) is 0 Å². The number of hydrogen-bond donors (Lipinski definition) is 2. The Morgan fingerprint density at radius 2 is 2.09 bits per heavy atom. The molecule has 0 saturated carbocycles. The molecule has 0 bridgehead atoms. The van der Waals surface area contributed by atoms with E-state index in [1.54, 1.807) is 36.9 Å². The van der Waals surface area contributed by atoms with Gasteiger partial charge in [-0.05, 0) is 5.92 Å². The van der Waals surface area contributed by atoms with Crippen LogP contribution in [-0.4, -0.2) is 23.2 Å². The summed E-state index contributed by atoms with van der Waals surface area (Å²) in [6, 6.07) is 0. The fourth-order valence-electron chi connectivity index (χ4n) is 0.614. The minimum absolute atomic E-state index is 0.0396. The molecular formula is C6H12INO3. The predicted octanol–water partition coefficient (Wildman–Crippen LogP) is 0.224. The molecule has 4 nitrogen and oxygen atoms in total. The first-order chi connectivity index (χ1) is 5.00. The van der Waals surface area contributed by atoms with Crippen LogP contribution in [-0.2, 0) is 7.86 Å². The second-order valence-corrected chi connectivity index (χ2v) is 3.16. The van der Waals surface area contributed by atoms with E-state index in [0.717, 1.165) is 0 Å². The molecule has 0 aliphatic rings. The molecule has 0 aliphatic heterocycles. The third-order valence-corrected chi connectivity index (χ3v) is 1.92. The quantitative estimate of drug-likeness (QED) is 0.720. The summed E-state index contributed by atoms with van der Waals surface area (Å²) in [7, 11) is 0. The maximum atomic E-state index is 10.6. The SMILES string of the molecule is CC(C)C(O)C(OI)C(N)=O. The van der Waals surface area contributed by atoms with Crippen LogP contribution in [0.1, 0.15) is 13.8 Å². The molecule has 0 aromatic carbocycles. The van der Waals surface area contributed by atoms with Gasteiger partial charge in [0.05, 0.1) is 6.10 Å². The van der Waals surface area contributed by atoms with Crippen LogP contribution in [0.4, 0.5) is 0 Å². The van der Waals surface area contributed by atoms with E-state index in [4.69, 9.17) is 5.73 Å². The van der Waals surface area contributed by atoms with E-state index in [-0.39, 0.29) is 5.92 Å². The number of rotatable bonds is 4. The molecule has 0 spiro atoms. The van der Waals surface area contributed by atoms with Crippen LogP contribution in [0.5, 0.6) is 0 Å². The molecule has 0 aromatic heterocycles. The van der Waals surface area contributed by atoms with Gasteiger partial charge in [0.1, 0.15) is 23.0 Å². The molecule has 0 aliphatic carbocycles. The molecule has 0 saturated heterocycles. The van der Waals surface area contributed by atoms with Gasteiger partial charge in [-0.25, -0.2) is 0 Å². The van der Waals surface area contributed by atoms with Crippen LogP contribution >= 0.6 is 23.0 Å². The number of amides is 1. The highest BCUT2D eigenvalue weighted by atomic mass is 127. The molecule has 0 radical (unpaired) electrons. The van der Waals surface area contributed by atoms with Gasteiger partial charge in [0, 0.05) is 0 Å². The fraction of sp³-hybridized carbons (Fsp3) is 0.833. The summed E-state index contributed by atoms with van der Waals surface area (Å²) < 4.78 is 4.68. The monoisotopic (exact) mass is 273 g/mol. The zero-order valence-corrected chi connectivity index (χ0v) is 8.61. The highest BCUT2D eigenvalue weighted by Gasteiger charge is 2.27. The molecule has 66 valence electrons. The van der Waals surface area contributed by atoms with Gasteiger partial charge in [-0.15, -0.1) is 0 Å². The Kier molecular flexibility index (Phi) is 4.94. The maximum Gasteiger partial charge on any atom is 0.250 e. The van der Waals surface area contributed by atoms with E-state index < -0.39 is 18.1 Å². The second-order valence-electron chi connectivity index (χ2n) is 2.65. The van der Waals surface area contributed by atoms with Crippen LogP contribution < -0.4 is 5.73 Å². The fourth-order valence-corrected chi connectivity index (χ4v) is 1.17. The van der Waals surface area contributed by atoms with Crippen LogP contribution in [0.15, 0.2) is 0 Å². The van der Waals surface area contributed by atoms with Crippen LogP contribution in [0.2, 0.25) is 0 Å². The van der Waals surface area contributed by atoms with Crippen molar-refractivity contribution in [3.8, 4) is 0 Å². The summed E-state index contributed by atoms with van der Waals surface area (Å²) in [5.41, 5.74) is 4.96. The van der Waals surface area contributed by atoms with Gasteiger partial charge in [0.2, 0.25) is 5.91 Å². The minimum atomic E-state index is -0.907. The molecule has 0 aromatic rings. The van der Waals surface area contributed by atoms with Crippen molar-refractivity contribution >= 4 is 28.9 Å². The highest BCUT2D eigenvalue weighted by Crippen LogP contribution is 2.11. The van der Waals surface area contributed by atoms with Gasteiger partial charge in [0.25, 0.3) is 0 Å². The van der Waals surface area contributed by atoms with E-state index in [0.29, 0.717) is 0 Å². The maximum absolute atomic E-state index is 10.6. The first-order valence-electron chi connectivity index (χ1n) is 3.25. The molecule has 2 atom stereocenters. The highest BCUT2D eigenvalue weighted by molar-refractivity contribution is 14.1. The Hall–Kier alpha value is 0.120. The Morgan fingerprint density at radius 3 is 2.18 bits per heavy atom. The summed E-state index contributed by atoms with van der Waals surface area (Å²) >= 11 is 1.55. The normalized spacial score (nSPS) is 16.5. The number of aliphatic hydroxyl groups excluding tert-OH is 1. The van der Waals surface area contributed by atoms with Crippen molar-refractivity contribution < 1.29 is 13.0 Å². The summed E-state index contributed by atoms with van der Waals surface area (Å²) in [6.07, 6.45) is -1.74. The number of hydrogen-bond acceptors (Lipinski definition) is 3. The largest absolute Gasteiger partial charge is 0.390 e. The number of carbonyl (C=O) groups is 1. The average Bonchev–Trinajstić information content (AvgIpc) is 1.88. The lowest BCUT2D eigenvalue weighted by Gasteiger charge is -2.19. The van der Waals surface area contributed by atoms with E-state index in [1.807, 2.05) is 0 Å². The van der Waals surface area contributed by atoms with Gasteiger partial charge in [-0.1, -0.05) is 13.8 Å². The van der Waals surface area contributed by atoms with Crippen molar-refractivity contribution in [1.82, 2.24) is 0 Å². The number of halogens is 1. The van der Waals surface area contributed by atoms with E-state index >= 15 is 0 Å². The topological polar surface area (TPSA) is 72.6 Å². The minimum Gasteiger partial charge on any atom is -0.390 e. The number of carbonyl (C=O) groups excluding carboxylic acids is 1. The summed E-state index contributed by atoms with van der Waals surface area (Å²) in [5, 5.41) is 9.33. The zero-order valence-electron chi connectivity index (χ0n) is 6.45. The Morgan fingerprint density at radius 1 is 1.64 bits per heavy atom.